The molecule has 1 aliphatic carbocycles. The maximum absolute atomic E-state index is 12.4. The monoisotopic (exact) mass is 278 g/mol. The molecule has 0 aromatic rings. The predicted molar refractivity (Wildman–Crippen MR) is 68.4 cm³/mol. The van der Waals surface area contributed by atoms with Gasteiger partial charge in [0.25, 0.3) is 10.2 Å². The first-order valence-corrected chi connectivity index (χ1v) is 7.81. The summed E-state index contributed by atoms with van der Waals surface area (Å²) >= 11 is 0. The number of rotatable bonds is 7. The first kappa shape index (κ1) is 15.4. The van der Waals surface area contributed by atoms with Gasteiger partial charge in [-0.15, -0.1) is 0 Å². The second-order valence-electron chi connectivity index (χ2n) is 4.47. The molecule has 0 atom stereocenters. The lowest BCUT2D eigenvalue weighted by Crippen LogP contribution is -2.49. The standard InChI is InChI=1S/C11H22N2O4S/c1-3-12(4-2)18(16,17)13(9-11(14)15)10-7-5-6-8-10/h10H,3-9H2,1-2H3,(H,14,15). The van der Waals surface area contributed by atoms with Crippen molar-refractivity contribution in [1.82, 2.24) is 8.61 Å². The summed E-state index contributed by atoms with van der Waals surface area (Å²) in [6.07, 6.45) is 3.45. The lowest BCUT2D eigenvalue weighted by molar-refractivity contribution is -0.137. The van der Waals surface area contributed by atoms with Crippen LogP contribution in [0.2, 0.25) is 0 Å². The van der Waals surface area contributed by atoms with E-state index in [4.69, 9.17) is 5.11 Å². The lowest BCUT2D eigenvalue weighted by Gasteiger charge is -2.31. The van der Waals surface area contributed by atoms with Gasteiger partial charge in [-0.3, -0.25) is 4.79 Å². The number of carbonyl (C=O) groups is 1. The number of aliphatic carboxylic acids is 1. The Morgan fingerprint density at radius 3 is 2.11 bits per heavy atom. The molecule has 6 nitrogen and oxygen atoms in total. The third kappa shape index (κ3) is 3.43. The lowest BCUT2D eigenvalue weighted by atomic mass is 10.2. The zero-order valence-corrected chi connectivity index (χ0v) is 11.8. The van der Waals surface area contributed by atoms with Crippen LogP contribution in [-0.2, 0) is 15.0 Å². The van der Waals surface area contributed by atoms with E-state index in [0.29, 0.717) is 13.1 Å². The van der Waals surface area contributed by atoms with Crippen molar-refractivity contribution in [1.29, 1.82) is 0 Å². The summed E-state index contributed by atoms with van der Waals surface area (Å²) < 4.78 is 27.3. The van der Waals surface area contributed by atoms with Gasteiger partial charge in [-0.05, 0) is 12.8 Å². The highest BCUT2D eigenvalue weighted by molar-refractivity contribution is 7.86. The van der Waals surface area contributed by atoms with Crippen molar-refractivity contribution in [3.05, 3.63) is 0 Å². The highest BCUT2D eigenvalue weighted by Crippen LogP contribution is 2.26. The van der Waals surface area contributed by atoms with Gasteiger partial charge in [-0.25, -0.2) is 0 Å². The molecule has 0 heterocycles. The highest BCUT2D eigenvalue weighted by atomic mass is 32.2. The van der Waals surface area contributed by atoms with Crippen LogP contribution in [0.5, 0.6) is 0 Å². The molecular weight excluding hydrogens is 256 g/mol. The summed E-state index contributed by atoms with van der Waals surface area (Å²) in [5, 5.41) is 8.91. The van der Waals surface area contributed by atoms with Crippen LogP contribution < -0.4 is 0 Å². The SMILES string of the molecule is CCN(CC)S(=O)(=O)N(CC(=O)O)C1CCCC1. The quantitative estimate of drug-likeness (QED) is 0.750. The van der Waals surface area contributed by atoms with E-state index < -0.39 is 22.7 Å². The third-order valence-corrected chi connectivity index (χ3v) is 5.54. The Balaban J connectivity index is 2.96. The van der Waals surface area contributed by atoms with E-state index in [0.717, 1.165) is 30.0 Å². The number of carboxylic acid groups (broad SMARTS) is 1. The van der Waals surface area contributed by atoms with Crippen molar-refractivity contribution < 1.29 is 18.3 Å². The van der Waals surface area contributed by atoms with Crippen LogP contribution in [0, 0.1) is 0 Å². The van der Waals surface area contributed by atoms with E-state index in [1.54, 1.807) is 13.8 Å². The van der Waals surface area contributed by atoms with Crippen LogP contribution in [0.4, 0.5) is 0 Å². The van der Waals surface area contributed by atoms with Crippen molar-refractivity contribution >= 4 is 16.2 Å². The Labute approximate surface area is 109 Å². The molecule has 0 spiro atoms. The van der Waals surface area contributed by atoms with Crippen LogP contribution in [0.1, 0.15) is 39.5 Å². The van der Waals surface area contributed by atoms with Gasteiger partial charge in [0, 0.05) is 19.1 Å². The molecule has 0 amide bonds. The van der Waals surface area contributed by atoms with E-state index in [2.05, 4.69) is 0 Å². The number of nitrogens with zero attached hydrogens (tertiary/aromatic N) is 2. The summed E-state index contributed by atoms with van der Waals surface area (Å²) in [4.78, 5) is 10.9. The van der Waals surface area contributed by atoms with E-state index in [-0.39, 0.29) is 6.04 Å². The molecule has 1 saturated carbocycles. The molecule has 1 aliphatic rings. The fourth-order valence-electron chi connectivity index (χ4n) is 2.42. The first-order valence-electron chi connectivity index (χ1n) is 6.42. The van der Waals surface area contributed by atoms with E-state index in [9.17, 15) is 13.2 Å². The first-order chi connectivity index (χ1) is 8.43. The van der Waals surface area contributed by atoms with Crippen molar-refractivity contribution in [3.8, 4) is 0 Å². The van der Waals surface area contributed by atoms with Gasteiger partial charge in [0.2, 0.25) is 0 Å². The molecule has 0 radical (unpaired) electrons. The Bertz CT molecular complexity index is 373. The molecule has 106 valence electrons. The zero-order chi connectivity index (χ0) is 13.8. The maximum Gasteiger partial charge on any atom is 0.318 e. The largest absolute Gasteiger partial charge is 0.480 e. The molecule has 0 unspecified atom stereocenters. The minimum atomic E-state index is -3.66. The molecule has 0 aromatic heterocycles. The van der Waals surface area contributed by atoms with Gasteiger partial charge >= 0.3 is 5.97 Å². The summed E-state index contributed by atoms with van der Waals surface area (Å²) in [6, 6.07) is -0.160. The van der Waals surface area contributed by atoms with E-state index in [1.165, 1.54) is 4.31 Å². The van der Waals surface area contributed by atoms with Crippen LogP contribution >= 0.6 is 0 Å². The van der Waals surface area contributed by atoms with Crippen molar-refractivity contribution in [2.24, 2.45) is 0 Å². The van der Waals surface area contributed by atoms with Crippen LogP contribution in [0.25, 0.3) is 0 Å². The second-order valence-corrected chi connectivity index (χ2v) is 6.35. The fourth-order valence-corrected chi connectivity index (χ4v) is 4.23. The van der Waals surface area contributed by atoms with Gasteiger partial charge < -0.3 is 5.11 Å². The average molecular weight is 278 g/mol. The molecule has 1 rings (SSSR count). The average Bonchev–Trinajstić information content (AvgIpc) is 2.79. The third-order valence-electron chi connectivity index (χ3n) is 3.35. The molecule has 0 aromatic carbocycles. The number of hydrogen-bond acceptors (Lipinski definition) is 3. The highest BCUT2D eigenvalue weighted by Gasteiger charge is 2.36. The van der Waals surface area contributed by atoms with Crippen molar-refractivity contribution in [2.45, 2.75) is 45.6 Å². The Kier molecular flexibility index (Phi) is 5.55. The van der Waals surface area contributed by atoms with E-state index >= 15 is 0 Å². The summed E-state index contributed by atoms with van der Waals surface area (Å²) in [7, 11) is -3.66. The fraction of sp³-hybridized carbons (Fsp3) is 0.909. The Morgan fingerprint density at radius 1 is 1.22 bits per heavy atom. The van der Waals surface area contributed by atoms with E-state index in [1.807, 2.05) is 0 Å². The Hall–Kier alpha value is -0.660. The summed E-state index contributed by atoms with van der Waals surface area (Å²) in [5.41, 5.74) is 0. The van der Waals surface area contributed by atoms with Gasteiger partial charge in [-0.1, -0.05) is 26.7 Å². The smallest absolute Gasteiger partial charge is 0.318 e. The number of carboxylic acids is 1. The normalized spacial score (nSPS) is 17.8. The molecular formula is C11H22N2O4S. The van der Waals surface area contributed by atoms with Crippen LogP contribution in [0.15, 0.2) is 0 Å². The van der Waals surface area contributed by atoms with Gasteiger partial charge in [0.1, 0.15) is 6.54 Å². The maximum atomic E-state index is 12.4. The topological polar surface area (TPSA) is 77.9 Å². The molecule has 1 N–H and O–H groups in total. The molecule has 0 aliphatic heterocycles. The molecule has 18 heavy (non-hydrogen) atoms. The van der Waals surface area contributed by atoms with Crippen LogP contribution in [0.3, 0.4) is 0 Å². The molecule has 0 saturated heterocycles. The van der Waals surface area contributed by atoms with Gasteiger partial charge in [0.05, 0.1) is 0 Å². The predicted octanol–water partition coefficient (Wildman–Crippen LogP) is 0.902. The Morgan fingerprint density at radius 2 is 1.72 bits per heavy atom. The summed E-state index contributed by atoms with van der Waals surface area (Å²) in [6.45, 7) is 3.80. The minimum Gasteiger partial charge on any atom is -0.480 e. The van der Waals surface area contributed by atoms with Gasteiger partial charge in [-0.2, -0.15) is 17.0 Å². The molecule has 0 bridgehead atoms. The van der Waals surface area contributed by atoms with Crippen LogP contribution in [-0.4, -0.2) is 53.8 Å². The second kappa shape index (κ2) is 6.49. The molecule has 1 fully saturated rings. The minimum absolute atomic E-state index is 0.160. The van der Waals surface area contributed by atoms with Crippen molar-refractivity contribution in [2.75, 3.05) is 19.6 Å². The van der Waals surface area contributed by atoms with Crippen molar-refractivity contribution in [3.63, 3.8) is 0 Å². The molecule has 7 heteroatoms. The summed E-state index contributed by atoms with van der Waals surface area (Å²) in [5.74, 6) is -1.10. The van der Waals surface area contributed by atoms with Gasteiger partial charge in [0.15, 0.2) is 0 Å². The number of hydrogen-bond donors (Lipinski definition) is 1. The zero-order valence-electron chi connectivity index (χ0n) is 11.0.